The van der Waals surface area contributed by atoms with Crippen LogP contribution in [0, 0.1) is 36.9 Å². The molecule has 0 saturated carbocycles. The molecule has 1 aromatic rings. The number of likely N-dealkylation sites (tertiary alicyclic amines) is 1. The number of aliphatic carboxylic acids is 3. The van der Waals surface area contributed by atoms with E-state index in [1.807, 2.05) is 4.90 Å². The first-order valence-electron chi connectivity index (χ1n) is 16.6. The number of nitrogens with zero attached hydrogens (tertiary/aromatic N) is 5. The van der Waals surface area contributed by atoms with Crippen LogP contribution in [-0.2, 0) is 30.5 Å². The van der Waals surface area contributed by atoms with Gasteiger partial charge in [-0.2, -0.15) is 0 Å². The van der Waals surface area contributed by atoms with Crippen LogP contribution in [0.3, 0.4) is 0 Å². The van der Waals surface area contributed by atoms with Crippen molar-refractivity contribution in [2.24, 2.45) is 0 Å². The number of nitrogens with one attached hydrogen (secondary N) is 2. The monoisotopic (exact) mass is 880 g/mol. The summed E-state index contributed by atoms with van der Waals surface area (Å²) in [6.45, 7) is 3.52. The number of carboxylic acid groups (broad SMARTS) is 3. The Bertz CT molecular complexity index is 1310. The largest absolute Gasteiger partial charge is 0.480 e. The number of carbonyl (C=O) groups excluding carboxylic acids is 3. The molecule has 2 atom stereocenters. The molecule has 0 aromatic heterocycles. The third kappa shape index (κ3) is 15.7. The molecule has 0 spiro atoms. The van der Waals surface area contributed by atoms with E-state index in [0.717, 1.165) is 0 Å². The summed E-state index contributed by atoms with van der Waals surface area (Å²) >= 11 is 0. The van der Waals surface area contributed by atoms with E-state index in [1.165, 1.54) is 11.8 Å². The molecule has 3 rings (SSSR count). The van der Waals surface area contributed by atoms with Crippen LogP contribution in [0.15, 0.2) is 24.3 Å². The molecule has 18 nitrogen and oxygen atoms in total. The van der Waals surface area contributed by atoms with Crippen molar-refractivity contribution in [3.8, 4) is 0 Å². The van der Waals surface area contributed by atoms with Crippen LogP contribution in [0.4, 0.5) is 0 Å². The Morgan fingerprint density at radius 1 is 0.725 bits per heavy atom. The maximum atomic E-state index is 13.0. The van der Waals surface area contributed by atoms with Crippen molar-refractivity contribution >= 4 is 42.7 Å². The quantitative estimate of drug-likeness (QED) is 0.0916. The van der Waals surface area contributed by atoms with Crippen molar-refractivity contribution in [3.05, 3.63) is 35.4 Å². The van der Waals surface area contributed by atoms with Gasteiger partial charge in [0.15, 0.2) is 0 Å². The van der Waals surface area contributed by atoms with Crippen molar-refractivity contribution < 1.29 is 91.0 Å². The van der Waals surface area contributed by atoms with Crippen molar-refractivity contribution in [2.45, 2.75) is 38.3 Å². The Labute approximate surface area is 326 Å². The van der Waals surface area contributed by atoms with Crippen molar-refractivity contribution in [1.29, 1.82) is 0 Å². The fourth-order valence-electron chi connectivity index (χ4n) is 5.99. The van der Waals surface area contributed by atoms with E-state index < -0.39 is 48.8 Å². The normalized spacial score (nSPS) is 19.1. The summed E-state index contributed by atoms with van der Waals surface area (Å²) < 4.78 is 0. The molecule has 0 unspecified atom stereocenters. The van der Waals surface area contributed by atoms with Gasteiger partial charge in [-0.15, -0.1) is 0 Å². The Kier molecular flexibility index (Phi) is 19.3. The minimum atomic E-state index is -1.65. The van der Waals surface area contributed by atoms with E-state index in [2.05, 4.69) is 10.6 Å². The third-order valence-electron chi connectivity index (χ3n) is 8.72. The van der Waals surface area contributed by atoms with Crippen molar-refractivity contribution in [1.82, 2.24) is 35.1 Å². The van der Waals surface area contributed by atoms with E-state index in [0.29, 0.717) is 43.6 Å². The first kappa shape index (κ1) is 44.3. The number of carboxylic acids is 3. The van der Waals surface area contributed by atoms with Gasteiger partial charge in [0.25, 0.3) is 5.91 Å². The molecule has 0 bridgehead atoms. The first-order chi connectivity index (χ1) is 23.7. The average molecular weight is 881 g/mol. The van der Waals surface area contributed by atoms with Crippen LogP contribution in [0.5, 0.6) is 0 Å². The molecule has 20 heteroatoms. The summed E-state index contributed by atoms with van der Waals surface area (Å²) in [4.78, 5) is 81.1. The smallest absolute Gasteiger partial charge is 0.475 e. The zero-order chi connectivity index (χ0) is 36.8. The predicted molar refractivity (Wildman–Crippen MR) is 179 cm³/mol. The molecule has 2 aliphatic heterocycles. The number of hydrogen-bond acceptors (Lipinski definition) is 12. The molecular weight excluding hydrogens is 832 g/mol. The van der Waals surface area contributed by atoms with E-state index >= 15 is 0 Å². The van der Waals surface area contributed by atoms with Crippen LogP contribution in [0.2, 0.25) is 0 Å². The SMILES string of the molecule is C[C@@H](NC(=O)c1ccc(CNC(=O)CN2CCN(CC(=O)O)CCN(CC(=O)O)CCN(CC(=O)O)CC2)cc1)C(=O)N1CCC[C@H]1B(O)O.[Lu]. The van der Waals surface area contributed by atoms with Gasteiger partial charge in [-0.1, -0.05) is 12.1 Å². The van der Waals surface area contributed by atoms with Crippen molar-refractivity contribution in [3.63, 3.8) is 0 Å². The van der Waals surface area contributed by atoms with Gasteiger partial charge in [-0.25, -0.2) is 0 Å². The summed E-state index contributed by atoms with van der Waals surface area (Å²) in [5.74, 6) is -5.03. The second kappa shape index (κ2) is 22.2. The molecule has 291 valence electrons. The molecule has 2 heterocycles. The Balaban J connectivity index is 0.00000901. The second-order valence-corrected chi connectivity index (χ2v) is 12.6. The van der Waals surface area contributed by atoms with Gasteiger partial charge in [0, 0.05) is 108 Å². The Morgan fingerprint density at radius 2 is 1.16 bits per heavy atom. The van der Waals surface area contributed by atoms with E-state index in [9.17, 15) is 54.1 Å². The molecule has 1 radical (unpaired) electrons. The van der Waals surface area contributed by atoms with Gasteiger partial charge in [0.2, 0.25) is 11.8 Å². The fraction of sp³-hybridized carbons (Fsp3) is 0.613. The first-order valence-corrected chi connectivity index (χ1v) is 16.6. The van der Waals surface area contributed by atoms with Crippen LogP contribution >= 0.6 is 0 Å². The van der Waals surface area contributed by atoms with Gasteiger partial charge in [0.05, 0.1) is 32.1 Å². The van der Waals surface area contributed by atoms with E-state index in [1.54, 1.807) is 39.0 Å². The zero-order valence-corrected chi connectivity index (χ0v) is 30.2. The molecule has 1 aromatic carbocycles. The molecule has 51 heavy (non-hydrogen) atoms. The molecule has 0 aliphatic carbocycles. The summed E-state index contributed by atoms with van der Waals surface area (Å²) in [5, 5.41) is 52.7. The molecule has 3 amide bonds. The van der Waals surface area contributed by atoms with Crippen LogP contribution < -0.4 is 10.6 Å². The molecule has 2 saturated heterocycles. The minimum Gasteiger partial charge on any atom is -0.480 e. The second-order valence-electron chi connectivity index (χ2n) is 12.6. The molecule has 2 aliphatic rings. The predicted octanol–water partition coefficient (Wildman–Crippen LogP) is -3.10. The van der Waals surface area contributed by atoms with Crippen LogP contribution in [-0.4, -0.2) is 190 Å². The van der Waals surface area contributed by atoms with Crippen LogP contribution in [0.1, 0.15) is 35.7 Å². The molecule has 7 N–H and O–H groups in total. The molecule has 2 fully saturated rings. The number of benzene rings is 1. The summed E-state index contributed by atoms with van der Waals surface area (Å²) in [6.07, 6.45) is 1.10. The zero-order valence-electron chi connectivity index (χ0n) is 28.5. The summed E-state index contributed by atoms with van der Waals surface area (Å²) in [6, 6.07) is 5.57. The topological polar surface area (TPSA) is 244 Å². The van der Waals surface area contributed by atoms with E-state index in [-0.39, 0.29) is 115 Å². The van der Waals surface area contributed by atoms with Gasteiger partial charge < -0.3 is 40.9 Å². The number of carbonyl (C=O) groups is 6. The Morgan fingerprint density at radius 3 is 1.57 bits per heavy atom. The standard InChI is InChI=1S/C31H48BN7O11.Lu/c1-22(31(48)39-8-2-3-25(39)32(49)50)34-30(47)24-6-4-23(5-7-24)17-33-26(40)18-35-9-11-36(19-27(41)42)13-15-38(21-29(45)46)16-14-37(12-10-35)20-28(43)44;/h4-7,22,25,49-50H,2-3,8-21H2,1H3,(H,33,40)(H,34,47)(H,41,42)(H,43,44)(H,45,46);/t22-,25+;/m1./s1. The summed E-state index contributed by atoms with van der Waals surface area (Å²) in [7, 11) is -1.65. The van der Waals surface area contributed by atoms with Gasteiger partial charge >= 0.3 is 25.0 Å². The average Bonchev–Trinajstić information content (AvgIpc) is 3.55. The maximum absolute atomic E-state index is 13.0. The van der Waals surface area contributed by atoms with Crippen LogP contribution in [0.25, 0.3) is 0 Å². The number of rotatable bonds is 14. The fourth-order valence-corrected chi connectivity index (χ4v) is 5.99. The van der Waals surface area contributed by atoms with Gasteiger partial charge in [-0.05, 0) is 37.5 Å². The maximum Gasteiger partial charge on any atom is 0.475 e. The number of amides is 3. The van der Waals surface area contributed by atoms with E-state index in [4.69, 9.17) is 0 Å². The number of hydrogen-bond donors (Lipinski definition) is 7. The van der Waals surface area contributed by atoms with Crippen molar-refractivity contribution in [2.75, 3.05) is 85.1 Å². The molecular formula is C31H48BLuN7O11. The minimum absolute atomic E-state index is 0. The third-order valence-corrected chi connectivity index (χ3v) is 8.72. The van der Waals surface area contributed by atoms with Gasteiger partial charge in [-0.3, -0.25) is 48.4 Å². The summed E-state index contributed by atoms with van der Waals surface area (Å²) in [5.41, 5.74) is 0.998. The Hall–Kier alpha value is -2.90. The van der Waals surface area contributed by atoms with Gasteiger partial charge in [0.1, 0.15) is 6.04 Å².